The highest BCUT2D eigenvalue weighted by atomic mass is 35.5. The van der Waals surface area contributed by atoms with E-state index in [1.807, 2.05) is 0 Å². The lowest BCUT2D eigenvalue weighted by Gasteiger charge is -2.01. The first-order chi connectivity index (χ1) is 8.99. The summed E-state index contributed by atoms with van der Waals surface area (Å²) in [6, 6.07) is 14.4. The van der Waals surface area contributed by atoms with Crippen LogP contribution in [0.5, 0.6) is 0 Å². The standard InChI is InChI=1S/C13H9Cl2NO2S/c14-11-6-8-12(9-7-11)19(17,18)16-13(15)10-4-2-1-3-5-10/h1-9H/b16-13-. The van der Waals surface area contributed by atoms with Gasteiger partial charge in [0.25, 0.3) is 10.0 Å². The zero-order valence-electron chi connectivity index (χ0n) is 9.62. The molecule has 0 N–H and O–H groups in total. The van der Waals surface area contributed by atoms with Crippen LogP contribution in [0.25, 0.3) is 0 Å². The van der Waals surface area contributed by atoms with E-state index in [0.717, 1.165) is 0 Å². The zero-order chi connectivity index (χ0) is 13.9. The summed E-state index contributed by atoms with van der Waals surface area (Å²) in [6.07, 6.45) is 0. The molecule has 0 unspecified atom stereocenters. The van der Waals surface area contributed by atoms with Gasteiger partial charge in [0.1, 0.15) is 5.17 Å². The summed E-state index contributed by atoms with van der Waals surface area (Å²) in [4.78, 5) is 0.0472. The Kier molecular flexibility index (Phi) is 4.24. The minimum absolute atomic E-state index is 0.0472. The fraction of sp³-hybridized carbons (Fsp3) is 0. The molecule has 0 aliphatic heterocycles. The van der Waals surface area contributed by atoms with Gasteiger partial charge in [-0.15, -0.1) is 4.40 Å². The van der Waals surface area contributed by atoms with E-state index in [1.165, 1.54) is 24.3 Å². The van der Waals surface area contributed by atoms with E-state index in [2.05, 4.69) is 4.40 Å². The van der Waals surface area contributed by atoms with Gasteiger partial charge in [0.05, 0.1) is 4.90 Å². The van der Waals surface area contributed by atoms with Crippen molar-refractivity contribution in [3.05, 3.63) is 65.2 Å². The van der Waals surface area contributed by atoms with Gasteiger partial charge in [0.2, 0.25) is 0 Å². The molecule has 0 heterocycles. The number of benzene rings is 2. The maximum Gasteiger partial charge on any atom is 0.283 e. The molecule has 6 heteroatoms. The van der Waals surface area contributed by atoms with Crippen LogP contribution in [0.15, 0.2) is 63.9 Å². The molecular weight excluding hydrogens is 305 g/mol. The lowest BCUT2D eigenvalue weighted by atomic mass is 10.2. The fourth-order valence-corrected chi connectivity index (χ4v) is 2.82. The lowest BCUT2D eigenvalue weighted by Crippen LogP contribution is -2.01. The molecule has 0 bridgehead atoms. The van der Waals surface area contributed by atoms with E-state index in [4.69, 9.17) is 23.2 Å². The Labute approximate surface area is 121 Å². The summed E-state index contributed by atoms with van der Waals surface area (Å²) in [5.41, 5.74) is 0.543. The highest BCUT2D eigenvalue weighted by Gasteiger charge is 2.14. The van der Waals surface area contributed by atoms with Crippen LogP contribution in [0.2, 0.25) is 5.02 Å². The molecular formula is C13H9Cl2NO2S. The summed E-state index contributed by atoms with van der Waals surface area (Å²) in [5.74, 6) is 0. The second-order valence-electron chi connectivity index (χ2n) is 3.68. The number of halogens is 2. The van der Waals surface area contributed by atoms with E-state index in [9.17, 15) is 8.42 Å². The molecule has 0 saturated carbocycles. The predicted octanol–water partition coefficient (Wildman–Crippen LogP) is 3.71. The molecule has 0 spiro atoms. The van der Waals surface area contributed by atoms with Crippen LogP contribution in [-0.2, 0) is 10.0 Å². The number of rotatable bonds is 3. The fourth-order valence-electron chi connectivity index (χ4n) is 1.39. The number of nitrogens with zero attached hydrogens (tertiary/aromatic N) is 1. The predicted molar refractivity (Wildman–Crippen MR) is 77.5 cm³/mol. The van der Waals surface area contributed by atoms with Crippen molar-refractivity contribution < 1.29 is 8.42 Å². The lowest BCUT2D eigenvalue weighted by molar-refractivity contribution is 0.598. The molecule has 0 aliphatic rings. The Morgan fingerprint density at radius 1 is 0.947 bits per heavy atom. The van der Waals surface area contributed by atoms with E-state index in [0.29, 0.717) is 10.6 Å². The highest BCUT2D eigenvalue weighted by Crippen LogP contribution is 2.18. The van der Waals surface area contributed by atoms with Crippen LogP contribution in [0.3, 0.4) is 0 Å². The molecule has 2 aromatic rings. The average Bonchev–Trinajstić information content (AvgIpc) is 2.40. The molecule has 0 saturated heterocycles. The van der Waals surface area contributed by atoms with Gasteiger partial charge in [-0.3, -0.25) is 0 Å². The number of sulfonamides is 1. The molecule has 0 aromatic heterocycles. The Balaban J connectivity index is 2.39. The maximum absolute atomic E-state index is 12.0. The third kappa shape index (κ3) is 3.56. The minimum atomic E-state index is -3.83. The Morgan fingerprint density at radius 2 is 1.53 bits per heavy atom. The van der Waals surface area contributed by atoms with Gasteiger partial charge >= 0.3 is 0 Å². The molecule has 3 nitrogen and oxygen atoms in total. The summed E-state index contributed by atoms with van der Waals surface area (Å²) in [6.45, 7) is 0. The van der Waals surface area contributed by atoms with Crippen LogP contribution in [-0.4, -0.2) is 13.6 Å². The second kappa shape index (κ2) is 5.74. The monoisotopic (exact) mass is 313 g/mol. The van der Waals surface area contributed by atoms with Crippen molar-refractivity contribution in [3.8, 4) is 0 Å². The van der Waals surface area contributed by atoms with Crippen LogP contribution in [0.4, 0.5) is 0 Å². The second-order valence-corrected chi connectivity index (χ2v) is 6.08. The quantitative estimate of drug-likeness (QED) is 0.811. The van der Waals surface area contributed by atoms with Crippen molar-refractivity contribution >= 4 is 38.4 Å². The summed E-state index contributed by atoms with van der Waals surface area (Å²) >= 11 is 11.6. The van der Waals surface area contributed by atoms with Crippen molar-refractivity contribution in [2.45, 2.75) is 4.90 Å². The van der Waals surface area contributed by atoms with Crippen LogP contribution >= 0.6 is 23.2 Å². The third-order valence-corrected chi connectivity index (χ3v) is 4.27. The van der Waals surface area contributed by atoms with Gasteiger partial charge in [0.15, 0.2) is 0 Å². The van der Waals surface area contributed by atoms with Crippen molar-refractivity contribution in [1.29, 1.82) is 0 Å². The smallest absolute Gasteiger partial charge is 0.199 e. The van der Waals surface area contributed by atoms with Crippen LogP contribution < -0.4 is 0 Å². The van der Waals surface area contributed by atoms with E-state index in [1.54, 1.807) is 30.3 Å². The van der Waals surface area contributed by atoms with Crippen molar-refractivity contribution in [2.75, 3.05) is 0 Å². The Morgan fingerprint density at radius 3 is 2.11 bits per heavy atom. The topological polar surface area (TPSA) is 46.5 Å². The minimum Gasteiger partial charge on any atom is -0.199 e. The summed E-state index contributed by atoms with van der Waals surface area (Å²) < 4.78 is 27.6. The number of hydrogen-bond donors (Lipinski definition) is 0. The molecule has 98 valence electrons. The molecule has 19 heavy (non-hydrogen) atoms. The molecule has 0 aliphatic carbocycles. The SMILES string of the molecule is O=S(=O)(/N=C(\Cl)c1ccccc1)c1ccc(Cl)cc1. The largest absolute Gasteiger partial charge is 0.283 e. The highest BCUT2D eigenvalue weighted by molar-refractivity contribution is 7.90. The molecule has 0 amide bonds. The van der Waals surface area contributed by atoms with E-state index in [-0.39, 0.29) is 10.1 Å². The summed E-state index contributed by atoms with van der Waals surface area (Å²) in [5, 5.41) is 0.382. The van der Waals surface area contributed by atoms with Gasteiger partial charge in [-0.2, -0.15) is 8.42 Å². The molecule has 0 fully saturated rings. The van der Waals surface area contributed by atoms with E-state index >= 15 is 0 Å². The zero-order valence-corrected chi connectivity index (χ0v) is 12.0. The Hall–Kier alpha value is -1.36. The first-order valence-electron chi connectivity index (χ1n) is 5.30. The third-order valence-electron chi connectivity index (χ3n) is 2.32. The van der Waals surface area contributed by atoms with Gasteiger partial charge in [-0.25, -0.2) is 0 Å². The van der Waals surface area contributed by atoms with E-state index < -0.39 is 10.0 Å². The first kappa shape index (κ1) is 14.1. The van der Waals surface area contributed by atoms with Gasteiger partial charge < -0.3 is 0 Å². The molecule has 0 atom stereocenters. The summed E-state index contributed by atoms with van der Waals surface area (Å²) in [7, 11) is -3.83. The molecule has 2 rings (SSSR count). The number of hydrogen-bond acceptors (Lipinski definition) is 2. The van der Waals surface area contributed by atoms with Crippen molar-refractivity contribution in [1.82, 2.24) is 0 Å². The van der Waals surface area contributed by atoms with Crippen LogP contribution in [0, 0.1) is 0 Å². The van der Waals surface area contributed by atoms with Gasteiger partial charge in [-0.05, 0) is 24.3 Å². The first-order valence-corrected chi connectivity index (χ1v) is 7.50. The molecule has 2 aromatic carbocycles. The molecule has 0 radical (unpaired) electrons. The maximum atomic E-state index is 12.0. The van der Waals surface area contributed by atoms with Crippen molar-refractivity contribution in [2.24, 2.45) is 4.40 Å². The average molecular weight is 314 g/mol. The van der Waals surface area contributed by atoms with Gasteiger partial charge in [0, 0.05) is 10.6 Å². The van der Waals surface area contributed by atoms with Crippen molar-refractivity contribution in [3.63, 3.8) is 0 Å². The Bertz CT molecular complexity index is 695. The normalized spacial score (nSPS) is 12.4. The van der Waals surface area contributed by atoms with Crippen LogP contribution in [0.1, 0.15) is 5.56 Å². The van der Waals surface area contributed by atoms with Gasteiger partial charge in [-0.1, -0.05) is 53.5 Å².